The average Bonchev–Trinajstić information content (AvgIpc) is 2.72. The van der Waals surface area contributed by atoms with Gasteiger partial charge in [-0.05, 0) is 38.4 Å². The van der Waals surface area contributed by atoms with Crippen molar-refractivity contribution < 1.29 is 0 Å². The van der Waals surface area contributed by atoms with Crippen LogP contribution < -0.4 is 5.32 Å². The zero-order valence-electron chi connectivity index (χ0n) is 12.1. The number of aryl methyl sites for hydroxylation is 1. The molecule has 0 saturated carbocycles. The van der Waals surface area contributed by atoms with E-state index in [1.54, 1.807) is 6.20 Å². The van der Waals surface area contributed by atoms with Crippen LogP contribution in [0.3, 0.4) is 0 Å². The molecule has 2 rings (SSSR count). The van der Waals surface area contributed by atoms with Gasteiger partial charge >= 0.3 is 0 Å². The van der Waals surface area contributed by atoms with Crippen LogP contribution in [0.4, 0.5) is 0 Å². The molecule has 0 fully saturated rings. The minimum atomic E-state index is 0.456. The summed E-state index contributed by atoms with van der Waals surface area (Å²) >= 11 is 0. The van der Waals surface area contributed by atoms with Crippen LogP contribution in [0.25, 0.3) is 5.82 Å². The van der Waals surface area contributed by atoms with E-state index in [-0.39, 0.29) is 0 Å². The maximum absolute atomic E-state index is 4.64. The molecule has 0 spiro atoms. The van der Waals surface area contributed by atoms with E-state index in [1.807, 2.05) is 22.9 Å². The maximum Gasteiger partial charge on any atom is 0.153 e. The monoisotopic (exact) mass is 258 g/mol. The predicted molar refractivity (Wildman–Crippen MR) is 77.8 cm³/mol. The highest BCUT2D eigenvalue weighted by atomic mass is 15.3. The standard InChI is InChI=1S/C15H22N4/c1-5-16-10-11(2)15-12(3)18-19(13(15)4)14-8-6-7-9-17-14/h6-9,11,16H,5,10H2,1-4H3. The molecule has 0 aliphatic carbocycles. The zero-order valence-corrected chi connectivity index (χ0v) is 12.1. The molecule has 2 aromatic heterocycles. The summed E-state index contributed by atoms with van der Waals surface area (Å²) in [7, 11) is 0. The summed E-state index contributed by atoms with van der Waals surface area (Å²) in [6, 6.07) is 5.89. The lowest BCUT2D eigenvalue weighted by atomic mass is 9.99. The molecule has 0 saturated heterocycles. The number of aromatic nitrogens is 3. The molecule has 2 aromatic rings. The lowest BCUT2D eigenvalue weighted by Gasteiger charge is -2.12. The van der Waals surface area contributed by atoms with Crippen molar-refractivity contribution in [3.05, 3.63) is 41.3 Å². The molecule has 4 nitrogen and oxygen atoms in total. The molecule has 0 radical (unpaired) electrons. The van der Waals surface area contributed by atoms with Gasteiger partial charge in [0.25, 0.3) is 0 Å². The molecule has 19 heavy (non-hydrogen) atoms. The summed E-state index contributed by atoms with van der Waals surface area (Å²) in [4.78, 5) is 4.37. The Balaban J connectivity index is 2.35. The molecule has 0 aliphatic rings. The van der Waals surface area contributed by atoms with Crippen molar-refractivity contribution >= 4 is 0 Å². The van der Waals surface area contributed by atoms with Crippen molar-refractivity contribution in [2.24, 2.45) is 0 Å². The Morgan fingerprint density at radius 1 is 1.32 bits per heavy atom. The summed E-state index contributed by atoms with van der Waals surface area (Å²) in [5.41, 5.74) is 3.60. The van der Waals surface area contributed by atoms with Gasteiger partial charge in [-0.1, -0.05) is 19.9 Å². The summed E-state index contributed by atoms with van der Waals surface area (Å²) in [5.74, 6) is 1.34. The largest absolute Gasteiger partial charge is 0.316 e. The fraction of sp³-hybridized carbons (Fsp3) is 0.467. The van der Waals surface area contributed by atoms with Crippen molar-refractivity contribution in [2.75, 3.05) is 13.1 Å². The van der Waals surface area contributed by atoms with E-state index in [2.05, 4.69) is 43.1 Å². The normalized spacial score (nSPS) is 12.6. The number of nitrogens with one attached hydrogen (secondary N) is 1. The SMILES string of the molecule is CCNCC(C)c1c(C)nn(-c2ccccn2)c1C. The quantitative estimate of drug-likeness (QED) is 0.896. The molecule has 2 heterocycles. The van der Waals surface area contributed by atoms with Gasteiger partial charge in [0.05, 0.1) is 5.69 Å². The first kappa shape index (κ1) is 13.7. The van der Waals surface area contributed by atoms with Gasteiger partial charge in [-0.25, -0.2) is 9.67 Å². The van der Waals surface area contributed by atoms with Crippen LogP contribution in [-0.4, -0.2) is 27.9 Å². The zero-order chi connectivity index (χ0) is 13.8. The number of pyridine rings is 1. The minimum absolute atomic E-state index is 0.456. The van der Waals surface area contributed by atoms with Gasteiger partial charge in [0.15, 0.2) is 5.82 Å². The van der Waals surface area contributed by atoms with Crippen LogP contribution in [0.5, 0.6) is 0 Å². The van der Waals surface area contributed by atoms with Gasteiger partial charge < -0.3 is 5.32 Å². The highest BCUT2D eigenvalue weighted by molar-refractivity contribution is 5.34. The molecule has 4 heteroatoms. The van der Waals surface area contributed by atoms with Crippen molar-refractivity contribution in [3.63, 3.8) is 0 Å². The molecule has 1 N–H and O–H groups in total. The number of hydrogen-bond acceptors (Lipinski definition) is 3. The average molecular weight is 258 g/mol. The van der Waals surface area contributed by atoms with E-state index in [0.29, 0.717) is 5.92 Å². The van der Waals surface area contributed by atoms with E-state index >= 15 is 0 Å². The Morgan fingerprint density at radius 2 is 2.11 bits per heavy atom. The van der Waals surface area contributed by atoms with Gasteiger partial charge in [-0.3, -0.25) is 0 Å². The molecule has 1 atom stereocenters. The van der Waals surface area contributed by atoms with E-state index in [1.165, 1.54) is 11.3 Å². The van der Waals surface area contributed by atoms with Crippen LogP contribution in [0.15, 0.2) is 24.4 Å². The lowest BCUT2D eigenvalue weighted by Crippen LogP contribution is -2.20. The molecular formula is C15H22N4. The molecule has 0 aliphatic heterocycles. The first-order valence-electron chi connectivity index (χ1n) is 6.83. The summed E-state index contributed by atoms with van der Waals surface area (Å²) in [5, 5.41) is 8.03. The summed E-state index contributed by atoms with van der Waals surface area (Å²) in [6.45, 7) is 10.5. The van der Waals surface area contributed by atoms with Crippen molar-refractivity contribution in [2.45, 2.75) is 33.6 Å². The number of nitrogens with zero attached hydrogens (tertiary/aromatic N) is 3. The number of hydrogen-bond donors (Lipinski definition) is 1. The maximum atomic E-state index is 4.64. The van der Waals surface area contributed by atoms with Crippen molar-refractivity contribution in [3.8, 4) is 5.82 Å². The fourth-order valence-electron chi connectivity index (χ4n) is 2.53. The Kier molecular flexibility index (Phi) is 4.32. The van der Waals surface area contributed by atoms with E-state index in [9.17, 15) is 0 Å². The first-order valence-corrected chi connectivity index (χ1v) is 6.83. The lowest BCUT2D eigenvalue weighted by molar-refractivity contribution is 0.630. The fourth-order valence-corrected chi connectivity index (χ4v) is 2.53. The van der Waals surface area contributed by atoms with Gasteiger partial charge in [0, 0.05) is 24.0 Å². The molecule has 0 aromatic carbocycles. The molecule has 102 valence electrons. The second-order valence-electron chi connectivity index (χ2n) is 4.89. The second-order valence-corrected chi connectivity index (χ2v) is 4.89. The highest BCUT2D eigenvalue weighted by Gasteiger charge is 2.18. The Morgan fingerprint density at radius 3 is 2.74 bits per heavy atom. The topological polar surface area (TPSA) is 42.7 Å². The summed E-state index contributed by atoms with van der Waals surface area (Å²) < 4.78 is 1.94. The van der Waals surface area contributed by atoms with E-state index < -0.39 is 0 Å². The minimum Gasteiger partial charge on any atom is -0.316 e. The van der Waals surface area contributed by atoms with Gasteiger partial charge in [-0.2, -0.15) is 5.10 Å². The number of rotatable bonds is 5. The third-order valence-corrected chi connectivity index (χ3v) is 3.41. The van der Waals surface area contributed by atoms with Crippen molar-refractivity contribution in [1.29, 1.82) is 0 Å². The molecule has 1 unspecified atom stereocenters. The van der Waals surface area contributed by atoms with Crippen LogP contribution in [0.1, 0.15) is 36.7 Å². The van der Waals surface area contributed by atoms with Gasteiger partial charge in [0.1, 0.15) is 0 Å². The number of likely N-dealkylation sites (N-methyl/N-ethyl adjacent to an activating group) is 1. The Bertz CT molecular complexity index is 531. The van der Waals surface area contributed by atoms with Crippen LogP contribution in [0, 0.1) is 13.8 Å². The molecule has 0 bridgehead atoms. The van der Waals surface area contributed by atoms with Crippen LogP contribution in [-0.2, 0) is 0 Å². The third kappa shape index (κ3) is 2.84. The van der Waals surface area contributed by atoms with E-state index in [4.69, 9.17) is 0 Å². The van der Waals surface area contributed by atoms with Gasteiger partial charge in [-0.15, -0.1) is 0 Å². The predicted octanol–water partition coefficient (Wildman–Crippen LogP) is 2.60. The van der Waals surface area contributed by atoms with Gasteiger partial charge in [0.2, 0.25) is 0 Å². The third-order valence-electron chi connectivity index (χ3n) is 3.41. The second kappa shape index (κ2) is 5.97. The smallest absolute Gasteiger partial charge is 0.153 e. The first-order chi connectivity index (χ1) is 9.15. The highest BCUT2D eigenvalue weighted by Crippen LogP contribution is 2.24. The van der Waals surface area contributed by atoms with Crippen LogP contribution in [0.2, 0.25) is 0 Å². The van der Waals surface area contributed by atoms with E-state index in [0.717, 1.165) is 24.6 Å². The van der Waals surface area contributed by atoms with Crippen molar-refractivity contribution in [1.82, 2.24) is 20.1 Å². The molecule has 0 amide bonds. The summed E-state index contributed by atoms with van der Waals surface area (Å²) in [6.07, 6.45) is 1.80. The molecular weight excluding hydrogens is 236 g/mol. The Hall–Kier alpha value is -1.68. The Labute approximate surface area is 114 Å². The van der Waals surface area contributed by atoms with Crippen LogP contribution >= 0.6 is 0 Å².